The van der Waals surface area contributed by atoms with Crippen molar-refractivity contribution in [1.82, 2.24) is 4.98 Å². The van der Waals surface area contributed by atoms with E-state index in [1.807, 2.05) is 17.5 Å². The fourth-order valence-electron chi connectivity index (χ4n) is 2.42. The first-order chi connectivity index (χ1) is 13.5. The Morgan fingerprint density at radius 3 is 2.64 bits per heavy atom. The molecule has 0 saturated heterocycles. The molecular formula is C19H17Cl2N3O3S. The number of thiazole rings is 1. The zero-order chi connectivity index (χ0) is 20.1. The van der Waals surface area contributed by atoms with Crippen LogP contribution in [0.1, 0.15) is 5.69 Å². The fraction of sp³-hybridized carbons (Fsp3) is 0.158. The topological polar surface area (TPSA) is 72.5 Å². The van der Waals surface area contributed by atoms with Gasteiger partial charge in [-0.25, -0.2) is 4.98 Å². The van der Waals surface area contributed by atoms with Crippen LogP contribution in [-0.4, -0.2) is 25.1 Å². The van der Waals surface area contributed by atoms with Gasteiger partial charge in [-0.15, -0.1) is 11.3 Å². The van der Waals surface area contributed by atoms with Crippen molar-refractivity contribution in [3.8, 4) is 11.5 Å². The summed E-state index contributed by atoms with van der Waals surface area (Å²) in [5, 5.41) is 9.25. The summed E-state index contributed by atoms with van der Waals surface area (Å²) in [6.45, 7) is 0. The van der Waals surface area contributed by atoms with Gasteiger partial charge in [-0.05, 0) is 30.3 Å². The minimum atomic E-state index is -0.200. The van der Waals surface area contributed by atoms with Gasteiger partial charge in [0, 0.05) is 17.1 Å². The van der Waals surface area contributed by atoms with Crippen LogP contribution in [0.5, 0.6) is 11.5 Å². The zero-order valence-corrected chi connectivity index (χ0v) is 17.4. The van der Waals surface area contributed by atoms with E-state index in [4.69, 9.17) is 32.7 Å². The lowest BCUT2D eigenvalue weighted by Crippen LogP contribution is -2.14. The van der Waals surface area contributed by atoms with Crippen LogP contribution < -0.4 is 20.1 Å². The predicted molar refractivity (Wildman–Crippen MR) is 114 cm³/mol. The lowest BCUT2D eigenvalue weighted by atomic mass is 10.2. The second-order valence-corrected chi connectivity index (χ2v) is 7.36. The quantitative estimate of drug-likeness (QED) is 0.518. The molecule has 28 heavy (non-hydrogen) atoms. The molecule has 0 spiro atoms. The van der Waals surface area contributed by atoms with Gasteiger partial charge in [0.15, 0.2) is 5.13 Å². The minimum Gasteiger partial charge on any atom is -0.497 e. The average molecular weight is 438 g/mol. The van der Waals surface area contributed by atoms with E-state index in [0.29, 0.717) is 38.1 Å². The third-order valence-electron chi connectivity index (χ3n) is 3.75. The lowest BCUT2D eigenvalue weighted by Gasteiger charge is -2.10. The van der Waals surface area contributed by atoms with E-state index in [9.17, 15) is 4.79 Å². The Balaban J connectivity index is 1.65. The molecule has 1 heterocycles. The molecule has 6 nitrogen and oxygen atoms in total. The molecule has 0 saturated carbocycles. The molecule has 0 aliphatic carbocycles. The second-order valence-electron chi connectivity index (χ2n) is 5.69. The maximum absolute atomic E-state index is 12.3. The number of nitrogens with one attached hydrogen (secondary N) is 2. The van der Waals surface area contributed by atoms with Crippen LogP contribution in [0.3, 0.4) is 0 Å². The van der Waals surface area contributed by atoms with E-state index in [2.05, 4.69) is 15.6 Å². The molecule has 3 rings (SSSR count). The van der Waals surface area contributed by atoms with Crippen molar-refractivity contribution in [2.75, 3.05) is 24.9 Å². The third-order valence-corrected chi connectivity index (χ3v) is 5.29. The van der Waals surface area contributed by atoms with Gasteiger partial charge in [-0.2, -0.15) is 0 Å². The number of carbonyl (C=O) groups is 1. The van der Waals surface area contributed by atoms with Crippen LogP contribution in [0.2, 0.25) is 10.0 Å². The van der Waals surface area contributed by atoms with E-state index >= 15 is 0 Å². The molecule has 146 valence electrons. The van der Waals surface area contributed by atoms with Gasteiger partial charge in [0.2, 0.25) is 5.91 Å². The molecule has 0 radical (unpaired) electrons. The van der Waals surface area contributed by atoms with E-state index in [0.717, 1.165) is 5.69 Å². The molecule has 0 aliphatic rings. The standard InChI is InChI=1S/C19H17Cl2N3O3S/c1-26-13-4-6-17(27-2)16(9-13)24-19-23-12(10-28-19)8-18(25)22-11-3-5-14(20)15(21)7-11/h3-7,9-10H,8H2,1-2H3,(H,22,25)(H,23,24). The van der Waals surface area contributed by atoms with E-state index < -0.39 is 0 Å². The van der Waals surface area contributed by atoms with E-state index in [1.165, 1.54) is 11.3 Å². The van der Waals surface area contributed by atoms with Gasteiger partial charge in [0.1, 0.15) is 11.5 Å². The van der Waals surface area contributed by atoms with Crippen LogP contribution in [0.15, 0.2) is 41.8 Å². The number of nitrogens with zero attached hydrogens (tertiary/aromatic N) is 1. The third kappa shape index (κ3) is 5.07. The Morgan fingerprint density at radius 1 is 1.11 bits per heavy atom. The molecular weight excluding hydrogens is 421 g/mol. The van der Waals surface area contributed by atoms with Gasteiger partial charge in [-0.1, -0.05) is 23.2 Å². The number of anilines is 3. The zero-order valence-electron chi connectivity index (χ0n) is 15.1. The van der Waals surface area contributed by atoms with Crippen LogP contribution >= 0.6 is 34.5 Å². The summed E-state index contributed by atoms with van der Waals surface area (Å²) >= 11 is 13.2. The summed E-state index contributed by atoms with van der Waals surface area (Å²) in [6.07, 6.45) is 0.133. The van der Waals surface area contributed by atoms with Crippen molar-refractivity contribution in [3.63, 3.8) is 0 Å². The van der Waals surface area contributed by atoms with Gasteiger partial charge in [0.25, 0.3) is 0 Å². The van der Waals surface area contributed by atoms with Gasteiger partial charge >= 0.3 is 0 Å². The van der Waals surface area contributed by atoms with Crippen molar-refractivity contribution < 1.29 is 14.3 Å². The number of aromatic nitrogens is 1. The molecule has 0 fully saturated rings. The molecule has 1 amide bonds. The molecule has 2 aromatic carbocycles. The number of halogens is 2. The van der Waals surface area contributed by atoms with Gasteiger partial charge in [-0.3, -0.25) is 4.79 Å². The number of ether oxygens (including phenoxy) is 2. The monoisotopic (exact) mass is 437 g/mol. The minimum absolute atomic E-state index is 0.133. The highest BCUT2D eigenvalue weighted by atomic mass is 35.5. The first-order valence-electron chi connectivity index (χ1n) is 8.17. The molecule has 2 N–H and O–H groups in total. The number of rotatable bonds is 7. The van der Waals surface area contributed by atoms with Gasteiger partial charge in [0.05, 0.1) is 42.1 Å². The molecule has 0 aliphatic heterocycles. The summed E-state index contributed by atoms with van der Waals surface area (Å²) in [6, 6.07) is 10.4. The Bertz CT molecular complexity index is 994. The van der Waals surface area contributed by atoms with Crippen molar-refractivity contribution in [2.45, 2.75) is 6.42 Å². The predicted octanol–water partition coefficient (Wildman–Crippen LogP) is 5.39. The fourth-order valence-corrected chi connectivity index (χ4v) is 3.44. The van der Waals surface area contributed by atoms with Crippen LogP contribution in [0.4, 0.5) is 16.5 Å². The molecule has 9 heteroatoms. The van der Waals surface area contributed by atoms with Crippen molar-refractivity contribution in [3.05, 3.63) is 57.5 Å². The summed E-state index contributed by atoms with van der Waals surface area (Å²) in [5.74, 6) is 1.16. The number of hydrogen-bond acceptors (Lipinski definition) is 6. The molecule has 3 aromatic rings. The molecule has 0 bridgehead atoms. The number of hydrogen-bond donors (Lipinski definition) is 2. The van der Waals surface area contributed by atoms with Crippen molar-refractivity contribution in [2.24, 2.45) is 0 Å². The van der Waals surface area contributed by atoms with Gasteiger partial charge < -0.3 is 20.1 Å². The van der Waals surface area contributed by atoms with Crippen molar-refractivity contribution in [1.29, 1.82) is 0 Å². The average Bonchev–Trinajstić information content (AvgIpc) is 3.11. The summed E-state index contributed by atoms with van der Waals surface area (Å²) in [7, 11) is 3.19. The highest BCUT2D eigenvalue weighted by Gasteiger charge is 2.11. The summed E-state index contributed by atoms with van der Waals surface area (Å²) in [4.78, 5) is 16.7. The van der Waals surface area contributed by atoms with E-state index in [1.54, 1.807) is 38.5 Å². The first-order valence-corrected chi connectivity index (χ1v) is 9.80. The SMILES string of the molecule is COc1ccc(OC)c(Nc2nc(CC(=O)Nc3ccc(Cl)c(Cl)c3)cs2)c1. The summed E-state index contributed by atoms with van der Waals surface area (Å²) < 4.78 is 10.6. The first kappa shape index (κ1) is 20.3. The van der Waals surface area contributed by atoms with Crippen LogP contribution in [-0.2, 0) is 11.2 Å². The number of benzene rings is 2. The highest BCUT2D eigenvalue weighted by Crippen LogP contribution is 2.32. The normalized spacial score (nSPS) is 10.4. The largest absolute Gasteiger partial charge is 0.497 e. The molecule has 1 aromatic heterocycles. The van der Waals surface area contributed by atoms with E-state index in [-0.39, 0.29) is 12.3 Å². The highest BCUT2D eigenvalue weighted by molar-refractivity contribution is 7.13. The maximum Gasteiger partial charge on any atom is 0.230 e. The Labute approximate surface area is 176 Å². The van der Waals surface area contributed by atoms with Crippen molar-refractivity contribution >= 4 is 57.0 Å². The van der Waals surface area contributed by atoms with Crippen LogP contribution in [0, 0.1) is 0 Å². The molecule has 0 atom stereocenters. The smallest absolute Gasteiger partial charge is 0.230 e. The number of amides is 1. The maximum atomic E-state index is 12.3. The number of methoxy groups -OCH3 is 2. The second kappa shape index (κ2) is 9.14. The summed E-state index contributed by atoms with van der Waals surface area (Å²) in [5.41, 5.74) is 1.95. The number of carbonyl (C=O) groups excluding carboxylic acids is 1. The lowest BCUT2D eigenvalue weighted by molar-refractivity contribution is -0.115. The van der Waals surface area contributed by atoms with Crippen LogP contribution in [0.25, 0.3) is 0 Å². The Kier molecular flexibility index (Phi) is 6.61. The molecule has 0 unspecified atom stereocenters. The Morgan fingerprint density at radius 2 is 1.93 bits per heavy atom. The Hall–Kier alpha value is -2.48.